The van der Waals surface area contributed by atoms with Gasteiger partial charge in [0.25, 0.3) is 11.8 Å². The first-order valence-corrected chi connectivity index (χ1v) is 10.2. The number of aliphatic hydroxyl groups excluding tert-OH is 1. The van der Waals surface area contributed by atoms with Crippen molar-refractivity contribution < 1.29 is 14.7 Å². The Balaban J connectivity index is 1.75. The number of rotatable bonds is 10. The van der Waals surface area contributed by atoms with Crippen LogP contribution in [-0.2, 0) is 16.0 Å². The van der Waals surface area contributed by atoms with E-state index in [9.17, 15) is 14.7 Å². The Morgan fingerprint density at radius 3 is 2.64 bits per heavy atom. The molecule has 3 N–H and O–H groups in total. The van der Waals surface area contributed by atoms with Crippen LogP contribution in [0.2, 0.25) is 10.0 Å². The molecule has 1 aromatic rings. The molecule has 1 heterocycles. The quantitative estimate of drug-likeness (QED) is 0.501. The smallest absolute Gasteiger partial charge is 0.289 e. The Labute approximate surface area is 175 Å². The largest absolute Gasteiger partial charge is 0.503 e. The van der Waals surface area contributed by atoms with E-state index >= 15 is 0 Å². The Morgan fingerprint density at radius 2 is 1.96 bits per heavy atom. The molecule has 0 bridgehead atoms. The summed E-state index contributed by atoms with van der Waals surface area (Å²) in [4.78, 5) is 25.9. The van der Waals surface area contributed by atoms with Gasteiger partial charge in [-0.1, -0.05) is 43.1 Å². The normalized spacial score (nSPS) is 14.3. The van der Waals surface area contributed by atoms with Gasteiger partial charge in [0.2, 0.25) is 0 Å². The molecule has 6 nitrogen and oxygen atoms in total. The van der Waals surface area contributed by atoms with Crippen LogP contribution in [0.4, 0.5) is 0 Å². The van der Waals surface area contributed by atoms with Crippen LogP contribution < -0.4 is 10.6 Å². The summed E-state index contributed by atoms with van der Waals surface area (Å²) < 4.78 is 0. The van der Waals surface area contributed by atoms with Gasteiger partial charge in [-0.2, -0.15) is 0 Å². The maximum absolute atomic E-state index is 12.3. The van der Waals surface area contributed by atoms with Crippen molar-refractivity contribution in [3.8, 4) is 0 Å². The molecule has 0 saturated carbocycles. The highest BCUT2D eigenvalue weighted by molar-refractivity contribution is 6.42. The van der Waals surface area contributed by atoms with Crippen LogP contribution in [0.5, 0.6) is 0 Å². The van der Waals surface area contributed by atoms with Crippen molar-refractivity contribution in [1.29, 1.82) is 0 Å². The Hall–Kier alpha value is -1.76. The fourth-order valence-corrected chi connectivity index (χ4v) is 3.25. The molecule has 8 heteroatoms. The van der Waals surface area contributed by atoms with Crippen LogP contribution in [-0.4, -0.2) is 54.0 Å². The first kappa shape index (κ1) is 22.5. The minimum atomic E-state index is -0.481. The number of benzene rings is 1. The zero-order chi connectivity index (χ0) is 20.7. The summed E-state index contributed by atoms with van der Waals surface area (Å²) in [7, 11) is 0. The maximum atomic E-state index is 12.3. The monoisotopic (exact) mass is 427 g/mol. The number of halogens is 2. The van der Waals surface area contributed by atoms with E-state index in [1.807, 2.05) is 12.1 Å². The van der Waals surface area contributed by atoms with Crippen LogP contribution in [0.25, 0.3) is 0 Å². The van der Waals surface area contributed by atoms with Gasteiger partial charge in [0.1, 0.15) is 0 Å². The van der Waals surface area contributed by atoms with E-state index in [-0.39, 0.29) is 12.1 Å². The van der Waals surface area contributed by atoms with Gasteiger partial charge in [-0.15, -0.1) is 0 Å². The number of hydrogen-bond acceptors (Lipinski definition) is 4. The first-order valence-electron chi connectivity index (χ1n) is 9.46. The third kappa shape index (κ3) is 6.40. The van der Waals surface area contributed by atoms with Crippen molar-refractivity contribution in [3.63, 3.8) is 0 Å². The second-order valence-electron chi connectivity index (χ2n) is 7.12. The Kier molecular flexibility index (Phi) is 8.60. The topological polar surface area (TPSA) is 81.7 Å². The number of hydrogen-bond donors (Lipinski definition) is 3. The molecule has 154 valence electrons. The van der Waals surface area contributed by atoms with E-state index in [0.29, 0.717) is 35.6 Å². The van der Waals surface area contributed by atoms with Gasteiger partial charge in [-0.3, -0.25) is 9.59 Å². The lowest BCUT2D eigenvalue weighted by Crippen LogP contribution is -2.33. The van der Waals surface area contributed by atoms with Crippen molar-refractivity contribution >= 4 is 35.0 Å². The highest BCUT2D eigenvalue weighted by Gasteiger charge is 2.33. The second kappa shape index (κ2) is 10.7. The van der Waals surface area contributed by atoms with Crippen molar-refractivity contribution in [2.24, 2.45) is 0 Å². The van der Waals surface area contributed by atoms with E-state index in [4.69, 9.17) is 23.2 Å². The summed E-state index contributed by atoms with van der Waals surface area (Å²) in [5.41, 5.74) is 1.17. The molecule has 0 spiro atoms. The molecular weight excluding hydrogens is 401 g/mol. The predicted octanol–water partition coefficient (Wildman–Crippen LogP) is 3.08. The third-order valence-electron chi connectivity index (χ3n) is 4.47. The number of aliphatic hydroxyl groups is 1. The Morgan fingerprint density at radius 1 is 1.21 bits per heavy atom. The summed E-state index contributed by atoms with van der Waals surface area (Å²) in [5, 5.41) is 17.1. The summed E-state index contributed by atoms with van der Waals surface area (Å²) >= 11 is 11.9. The van der Waals surface area contributed by atoms with Crippen molar-refractivity contribution in [2.75, 3.05) is 26.2 Å². The fraction of sp³-hybridized carbons (Fsp3) is 0.500. The van der Waals surface area contributed by atoms with Gasteiger partial charge in [0.15, 0.2) is 5.76 Å². The minimum absolute atomic E-state index is 0.136. The van der Waals surface area contributed by atoms with E-state index in [1.54, 1.807) is 6.07 Å². The summed E-state index contributed by atoms with van der Waals surface area (Å²) in [6, 6.07) is 5.83. The molecule has 0 saturated heterocycles. The zero-order valence-electron chi connectivity index (χ0n) is 16.2. The molecule has 28 heavy (non-hydrogen) atoms. The third-order valence-corrected chi connectivity index (χ3v) is 5.21. The number of carbonyl (C=O) groups is 2. The minimum Gasteiger partial charge on any atom is -0.503 e. The molecule has 0 unspecified atom stereocenters. The lowest BCUT2D eigenvalue weighted by atomic mass is 10.1. The van der Waals surface area contributed by atoms with Gasteiger partial charge >= 0.3 is 0 Å². The SMILES string of the molecule is CC(C)NCCCN1CC(C(=O)NCCCc2ccc(Cl)c(Cl)c2)=C(O)C1=O. The number of nitrogens with zero attached hydrogens (tertiary/aromatic N) is 1. The number of aryl methyl sites for hydroxylation is 1. The Bertz CT molecular complexity index is 750. The fourth-order valence-electron chi connectivity index (χ4n) is 2.93. The highest BCUT2D eigenvalue weighted by Crippen LogP contribution is 2.23. The predicted molar refractivity (Wildman–Crippen MR) is 112 cm³/mol. The molecule has 0 atom stereocenters. The van der Waals surface area contributed by atoms with E-state index < -0.39 is 17.6 Å². The summed E-state index contributed by atoms with van der Waals surface area (Å²) in [6.45, 7) is 5.96. The van der Waals surface area contributed by atoms with Gasteiger partial charge in [-0.05, 0) is 43.5 Å². The van der Waals surface area contributed by atoms with Crippen LogP contribution in [0, 0.1) is 0 Å². The molecular formula is C20H27Cl2N3O3. The molecule has 0 aromatic heterocycles. The van der Waals surface area contributed by atoms with Gasteiger partial charge < -0.3 is 20.6 Å². The molecule has 1 aromatic carbocycles. The average molecular weight is 428 g/mol. The number of amides is 2. The van der Waals surface area contributed by atoms with Crippen molar-refractivity contribution in [1.82, 2.24) is 15.5 Å². The summed E-state index contributed by atoms with van der Waals surface area (Å²) in [5.74, 6) is -1.33. The standard InChI is InChI=1S/C20H27Cl2N3O3/c1-13(2)23-9-4-10-25-12-15(18(26)20(25)28)19(27)24-8-3-5-14-6-7-16(21)17(22)11-14/h6-7,11,13,23,26H,3-5,8-10,12H2,1-2H3,(H,24,27). The van der Waals surface area contributed by atoms with Crippen LogP contribution in [0.1, 0.15) is 32.3 Å². The molecule has 2 rings (SSSR count). The molecule has 0 aliphatic carbocycles. The van der Waals surface area contributed by atoms with E-state index in [2.05, 4.69) is 24.5 Å². The summed E-state index contributed by atoms with van der Waals surface area (Å²) in [6.07, 6.45) is 2.20. The number of carbonyl (C=O) groups excluding carboxylic acids is 2. The van der Waals surface area contributed by atoms with E-state index in [0.717, 1.165) is 24.9 Å². The lowest BCUT2D eigenvalue weighted by Gasteiger charge is -2.16. The van der Waals surface area contributed by atoms with Crippen LogP contribution in [0.15, 0.2) is 29.5 Å². The highest BCUT2D eigenvalue weighted by atomic mass is 35.5. The average Bonchev–Trinajstić information content (AvgIpc) is 2.93. The molecule has 0 fully saturated rings. The lowest BCUT2D eigenvalue weighted by molar-refractivity contribution is -0.127. The van der Waals surface area contributed by atoms with Crippen LogP contribution in [0.3, 0.4) is 0 Å². The van der Waals surface area contributed by atoms with Gasteiger partial charge in [0, 0.05) is 19.1 Å². The van der Waals surface area contributed by atoms with Crippen molar-refractivity contribution in [3.05, 3.63) is 45.1 Å². The first-order chi connectivity index (χ1) is 13.3. The molecule has 1 aliphatic heterocycles. The molecule has 2 amide bonds. The second-order valence-corrected chi connectivity index (χ2v) is 7.94. The van der Waals surface area contributed by atoms with Gasteiger partial charge in [0.05, 0.1) is 22.2 Å². The maximum Gasteiger partial charge on any atom is 0.289 e. The van der Waals surface area contributed by atoms with Crippen molar-refractivity contribution in [2.45, 2.75) is 39.2 Å². The molecule has 1 aliphatic rings. The van der Waals surface area contributed by atoms with Gasteiger partial charge in [-0.25, -0.2) is 0 Å². The number of nitrogens with one attached hydrogen (secondary N) is 2. The molecule has 0 radical (unpaired) electrons. The zero-order valence-corrected chi connectivity index (χ0v) is 17.7. The van der Waals surface area contributed by atoms with Crippen LogP contribution >= 0.6 is 23.2 Å². The van der Waals surface area contributed by atoms with E-state index in [1.165, 1.54) is 4.90 Å².